The lowest BCUT2D eigenvalue weighted by molar-refractivity contribution is 1.01. The number of nitrogens with zero attached hydrogens (tertiary/aromatic N) is 2. The van der Waals surface area contributed by atoms with E-state index in [0.29, 0.717) is 10.8 Å². The normalized spacial score (nSPS) is 10.3. The van der Waals surface area contributed by atoms with Gasteiger partial charge in [-0.1, -0.05) is 59.5 Å². The third kappa shape index (κ3) is 3.73. The van der Waals surface area contributed by atoms with Crippen LogP contribution in [0, 0.1) is 6.92 Å². The number of nitrogens with one attached hydrogen (secondary N) is 1. The second kappa shape index (κ2) is 6.22. The maximum Gasteiger partial charge on any atom is 0.210 e. The molecule has 6 heteroatoms. The molecule has 0 bridgehead atoms. The van der Waals surface area contributed by atoms with E-state index in [1.807, 2.05) is 18.2 Å². The minimum absolute atomic E-state index is 0.614. The largest absolute Gasteiger partial charge is 0.330 e. The number of hydrogen-bond donors (Lipinski definition) is 1. The maximum absolute atomic E-state index is 5.71. The molecular formula is C12H12ClN3S2. The number of halogens is 1. The number of anilines is 2. The van der Waals surface area contributed by atoms with Gasteiger partial charge in [-0.3, -0.25) is 0 Å². The lowest BCUT2D eigenvalue weighted by Crippen LogP contribution is -1.91. The van der Waals surface area contributed by atoms with Gasteiger partial charge in [0, 0.05) is 16.5 Å². The minimum Gasteiger partial charge on any atom is -0.330 e. The van der Waals surface area contributed by atoms with E-state index in [4.69, 9.17) is 11.6 Å². The molecule has 1 aromatic carbocycles. The molecule has 0 amide bonds. The Labute approximate surface area is 119 Å². The highest BCUT2D eigenvalue weighted by Gasteiger charge is 2.06. The molecule has 0 saturated heterocycles. The van der Waals surface area contributed by atoms with Crippen LogP contribution in [0.2, 0.25) is 0 Å². The Morgan fingerprint density at radius 2 is 2.22 bits per heavy atom. The van der Waals surface area contributed by atoms with Gasteiger partial charge in [0.05, 0.1) is 0 Å². The average molecular weight is 298 g/mol. The van der Waals surface area contributed by atoms with E-state index in [1.54, 1.807) is 0 Å². The molecule has 0 spiro atoms. The molecule has 0 radical (unpaired) electrons. The van der Waals surface area contributed by atoms with E-state index >= 15 is 0 Å². The third-order valence-corrected chi connectivity index (χ3v) is 4.50. The summed E-state index contributed by atoms with van der Waals surface area (Å²) in [6, 6.07) is 8.07. The SMILES string of the molecule is C=C(Cl)CSc1nnc(Nc2ccccc2C)s1. The standard InChI is InChI=1S/C12H12ClN3S2/c1-8-5-3-4-6-10(8)14-11-15-16-12(18-11)17-7-9(2)13/h3-6H,2,7H2,1H3,(H,14,15). The Morgan fingerprint density at radius 3 is 2.94 bits per heavy atom. The summed E-state index contributed by atoms with van der Waals surface area (Å²) in [5.74, 6) is 0.653. The first kappa shape index (κ1) is 13.4. The minimum atomic E-state index is 0.614. The van der Waals surface area contributed by atoms with Crippen LogP contribution in [0.5, 0.6) is 0 Å². The van der Waals surface area contributed by atoms with Gasteiger partial charge in [0.1, 0.15) is 0 Å². The predicted octanol–water partition coefficient (Wildman–Crippen LogP) is 4.43. The van der Waals surface area contributed by atoms with Gasteiger partial charge in [-0.2, -0.15) is 0 Å². The summed E-state index contributed by atoms with van der Waals surface area (Å²) in [5.41, 5.74) is 2.22. The Kier molecular flexibility index (Phi) is 4.63. The molecule has 0 atom stereocenters. The quantitative estimate of drug-likeness (QED) is 0.828. The summed E-state index contributed by atoms with van der Waals surface area (Å²) in [4.78, 5) is 0. The van der Waals surface area contributed by atoms with Crippen molar-refractivity contribution in [1.29, 1.82) is 0 Å². The van der Waals surface area contributed by atoms with E-state index < -0.39 is 0 Å². The zero-order valence-electron chi connectivity index (χ0n) is 9.81. The van der Waals surface area contributed by atoms with Crippen LogP contribution in [0.4, 0.5) is 10.8 Å². The zero-order chi connectivity index (χ0) is 13.0. The molecule has 0 saturated carbocycles. The summed E-state index contributed by atoms with van der Waals surface area (Å²) in [7, 11) is 0. The average Bonchev–Trinajstić information content (AvgIpc) is 2.77. The maximum atomic E-state index is 5.71. The van der Waals surface area contributed by atoms with Crippen molar-refractivity contribution in [3.8, 4) is 0 Å². The highest BCUT2D eigenvalue weighted by Crippen LogP contribution is 2.29. The number of thioether (sulfide) groups is 1. The Morgan fingerprint density at radius 1 is 1.44 bits per heavy atom. The van der Waals surface area contributed by atoms with E-state index in [0.717, 1.165) is 15.2 Å². The number of aryl methyl sites for hydroxylation is 1. The number of rotatable bonds is 5. The summed E-state index contributed by atoms with van der Waals surface area (Å²) in [5, 5.41) is 12.8. The fraction of sp³-hybridized carbons (Fsp3) is 0.167. The van der Waals surface area contributed by atoms with E-state index in [9.17, 15) is 0 Å². The molecule has 1 heterocycles. The fourth-order valence-corrected chi connectivity index (χ4v) is 2.97. The van der Waals surface area contributed by atoms with Crippen LogP contribution in [0.25, 0.3) is 0 Å². The van der Waals surface area contributed by atoms with Gasteiger partial charge in [0.25, 0.3) is 0 Å². The number of aromatic nitrogens is 2. The number of benzene rings is 1. The van der Waals surface area contributed by atoms with Crippen molar-refractivity contribution in [1.82, 2.24) is 10.2 Å². The first-order valence-electron chi connectivity index (χ1n) is 5.27. The van der Waals surface area contributed by atoms with Crippen LogP contribution in [-0.4, -0.2) is 16.0 Å². The molecule has 0 fully saturated rings. The van der Waals surface area contributed by atoms with Gasteiger partial charge in [0.2, 0.25) is 5.13 Å². The van der Waals surface area contributed by atoms with Crippen molar-refractivity contribution in [3.63, 3.8) is 0 Å². The van der Waals surface area contributed by atoms with Crippen LogP contribution in [0.15, 0.2) is 40.2 Å². The summed E-state index contributed by atoms with van der Waals surface area (Å²) < 4.78 is 0.882. The van der Waals surface area contributed by atoms with Crippen LogP contribution < -0.4 is 5.32 Å². The predicted molar refractivity (Wildman–Crippen MR) is 80.1 cm³/mol. The molecule has 1 N–H and O–H groups in total. The molecule has 3 nitrogen and oxygen atoms in total. The second-order valence-electron chi connectivity index (χ2n) is 3.62. The lowest BCUT2D eigenvalue weighted by Gasteiger charge is -2.04. The van der Waals surface area contributed by atoms with E-state index in [2.05, 4.69) is 35.1 Å². The number of hydrogen-bond acceptors (Lipinski definition) is 5. The Balaban J connectivity index is 2.02. The van der Waals surface area contributed by atoms with Crippen molar-refractivity contribution in [2.75, 3.05) is 11.1 Å². The molecule has 0 aliphatic rings. The molecule has 2 rings (SSSR count). The van der Waals surface area contributed by atoms with Gasteiger partial charge in [-0.05, 0) is 18.6 Å². The van der Waals surface area contributed by atoms with Gasteiger partial charge < -0.3 is 5.32 Å². The Bertz CT molecular complexity index is 554. The molecule has 0 unspecified atom stereocenters. The number of para-hydroxylation sites is 1. The summed E-state index contributed by atoms with van der Waals surface area (Å²) in [6.45, 7) is 5.69. The zero-order valence-corrected chi connectivity index (χ0v) is 12.2. The van der Waals surface area contributed by atoms with Crippen LogP contribution in [0.1, 0.15) is 5.56 Å². The van der Waals surface area contributed by atoms with Crippen LogP contribution in [-0.2, 0) is 0 Å². The van der Waals surface area contributed by atoms with Gasteiger partial charge >= 0.3 is 0 Å². The smallest absolute Gasteiger partial charge is 0.210 e. The summed E-state index contributed by atoms with van der Waals surface area (Å²) >= 11 is 8.76. The van der Waals surface area contributed by atoms with Crippen molar-refractivity contribution in [2.24, 2.45) is 0 Å². The van der Waals surface area contributed by atoms with Crippen molar-refractivity contribution in [2.45, 2.75) is 11.3 Å². The highest BCUT2D eigenvalue weighted by molar-refractivity contribution is 8.01. The molecule has 0 aliphatic heterocycles. The Hall–Kier alpha value is -1.04. The van der Waals surface area contributed by atoms with E-state index in [-0.39, 0.29) is 0 Å². The first-order valence-corrected chi connectivity index (χ1v) is 7.45. The van der Waals surface area contributed by atoms with Crippen molar-refractivity contribution >= 4 is 45.5 Å². The molecule has 2 aromatic rings. The van der Waals surface area contributed by atoms with Crippen molar-refractivity contribution in [3.05, 3.63) is 41.4 Å². The van der Waals surface area contributed by atoms with Gasteiger partial charge in [-0.15, -0.1) is 10.2 Å². The summed E-state index contributed by atoms with van der Waals surface area (Å²) in [6.07, 6.45) is 0. The molecule has 18 heavy (non-hydrogen) atoms. The lowest BCUT2D eigenvalue weighted by atomic mass is 10.2. The van der Waals surface area contributed by atoms with Crippen LogP contribution >= 0.6 is 34.7 Å². The van der Waals surface area contributed by atoms with E-state index in [1.165, 1.54) is 28.7 Å². The topological polar surface area (TPSA) is 37.8 Å². The fourth-order valence-electron chi connectivity index (χ4n) is 1.29. The monoisotopic (exact) mass is 297 g/mol. The van der Waals surface area contributed by atoms with Gasteiger partial charge in [0.15, 0.2) is 4.34 Å². The first-order chi connectivity index (χ1) is 8.65. The van der Waals surface area contributed by atoms with Crippen LogP contribution in [0.3, 0.4) is 0 Å². The van der Waals surface area contributed by atoms with Gasteiger partial charge in [-0.25, -0.2) is 0 Å². The molecule has 0 aliphatic carbocycles. The highest BCUT2D eigenvalue weighted by atomic mass is 35.5. The third-order valence-electron chi connectivity index (χ3n) is 2.15. The second-order valence-corrected chi connectivity index (χ2v) is 6.35. The molecular weight excluding hydrogens is 286 g/mol. The molecule has 1 aromatic heterocycles. The van der Waals surface area contributed by atoms with Crippen molar-refractivity contribution < 1.29 is 0 Å². The molecule has 94 valence electrons.